The van der Waals surface area contributed by atoms with Crippen LogP contribution in [0.3, 0.4) is 0 Å². The number of likely N-dealkylation sites (N-methyl/N-ethyl adjacent to an activating group) is 2. The molecule has 2 N–H and O–H groups in total. The van der Waals surface area contributed by atoms with Gasteiger partial charge in [0, 0.05) is 33.1 Å². The van der Waals surface area contributed by atoms with Gasteiger partial charge in [0.05, 0.1) is 4.90 Å². The summed E-state index contributed by atoms with van der Waals surface area (Å²) in [4.78, 5) is 13.6. The fourth-order valence-electron chi connectivity index (χ4n) is 1.69. The van der Waals surface area contributed by atoms with Gasteiger partial charge in [-0.1, -0.05) is 17.7 Å². The molecule has 0 bridgehead atoms. The highest BCUT2D eigenvalue weighted by molar-refractivity contribution is 7.89. The van der Waals surface area contributed by atoms with Crippen LogP contribution in [0.15, 0.2) is 29.2 Å². The third-order valence-electron chi connectivity index (χ3n) is 3.09. The minimum atomic E-state index is -3.55. The minimum absolute atomic E-state index is 0. The SMILES string of the molecule is CNCCN(C)C(=O)CCNS(=O)(=O)c1ccc(C)cc1.Cl. The van der Waals surface area contributed by atoms with Gasteiger partial charge in [0.1, 0.15) is 0 Å². The van der Waals surface area contributed by atoms with Crippen molar-refractivity contribution >= 4 is 28.3 Å². The lowest BCUT2D eigenvalue weighted by Crippen LogP contribution is -2.35. The summed E-state index contributed by atoms with van der Waals surface area (Å²) >= 11 is 0. The van der Waals surface area contributed by atoms with Crippen molar-refractivity contribution < 1.29 is 13.2 Å². The molecule has 0 heterocycles. The van der Waals surface area contributed by atoms with Gasteiger partial charge in [0.25, 0.3) is 0 Å². The number of amides is 1. The van der Waals surface area contributed by atoms with Gasteiger partial charge in [-0.3, -0.25) is 4.79 Å². The van der Waals surface area contributed by atoms with Gasteiger partial charge in [-0.2, -0.15) is 0 Å². The van der Waals surface area contributed by atoms with Crippen molar-refractivity contribution in [1.29, 1.82) is 0 Å². The summed E-state index contributed by atoms with van der Waals surface area (Å²) in [6.07, 6.45) is 0.144. The van der Waals surface area contributed by atoms with Gasteiger partial charge in [0.2, 0.25) is 15.9 Å². The zero-order valence-corrected chi connectivity index (χ0v) is 14.8. The second-order valence-corrected chi connectivity index (χ2v) is 6.65. The highest BCUT2D eigenvalue weighted by atomic mass is 35.5. The average molecular weight is 350 g/mol. The van der Waals surface area contributed by atoms with Crippen LogP contribution >= 0.6 is 12.4 Å². The molecule has 0 saturated heterocycles. The van der Waals surface area contributed by atoms with Crippen LogP contribution in [-0.4, -0.2) is 53.0 Å². The Bertz CT molecular complexity index is 561. The number of sulfonamides is 1. The molecule has 1 rings (SSSR count). The molecule has 6 nitrogen and oxygen atoms in total. The molecule has 126 valence electrons. The van der Waals surface area contributed by atoms with Crippen LogP contribution in [0.1, 0.15) is 12.0 Å². The molecule has 0 aliphatic rings. The zero-order chi connectivity index (χ0) is 15.9. The number of halogens is 1. The molecule has 0 saturated carbocycles. The predicted molar refractivity (Wildman–Crippen MR) is 89.8 cm³/mol. The van der Waals surface area contributed by atoms with Gasteiger partial charge in [-0.05, 0) is 26.1 Å². The van der Waals surface area contributed by atoms with E-state index in [2.05, 4.69) is 10.0 Å². The quantitative estimate of drug-likeness (QED) is 0.726. The lowest BCUT2D eigenvalue weighted by molar-refractivity contribution is -0.129. The summed E-state index contributed by atoms with van der Waals surface area (Å²) in [7, 11) is -0.0324. The molecule has 8 heteroatoms. The summed E-state index contributed by atoms with van der Waals surface area (Å²) < 4.78 is 26.5. The number of benzene rings is 1. The Kier molecular flexibility index (Phi) is 9.27. The van der Waals surface area contributed by atoms with E-state index in [0.29, 0.717) is 13.1 Å². The molecule has 0 fully saturated rings. The van der Waals surface area contributed by atoms with Gasteiger partial charge in [-0.25, -0.2) is 13.1 Å². The Morgan fingerprint density at radius 3 is 2.32 bits per heavy atom. The van der Waals surface area contributed by atoms with E-state index < -0.39 is 10.0 Å². The smallest absolute Gasteiger partial charge is 0.240 e. The lowest BCUT2D eigenvalue weighted by Gasteiger charge is -2.17. The highest BCUT2D eigenvalue weighted by Crippen LogP contribution is 2.09. The minimum Gasteiger partial charge on any atom is -0.344 e. The lowest BCUT2D eigenvalue weighted by atomic mass is 10.2. The van der Waals surface area contributed by atoms with Gasteiger partial charge in [-0.15, -0.1) is 12.4 Å². The van der Waals surface area contributed by atoms with Gasteiger partial charge in [0.15, 0.2) is 0 Å². The largest absolute Gasteiger partial charge is 0.344 e. The Morgan fingerprint density at radius 2 is 1.77 bits per heavy atom. The fourth-order valence-corrected chi connectivity index (χ4v) is 2.72. The van der Waals surface area contributed by atoms with Crippen molar-refractivity contribution in [2.24, 2.45) is 0 Å². The Morgan fingerprint density at radius 1 is 1.18 bits per heavy atom. The number of carbonyl (C=O) groups is 1. The molecule has 0 aliphatic heterocycles. The maximum absolute atomic E-state index is 12.0. The van der Waals surface area contributed by atoms with E-state index in [9.17, 15) is 13.2 Å². The summed E-state index contributed by atoms with van der Waals surface area (Å²) in [5.41, 5.74) is 0.996. The fraction of sp³-hybridized carbons (Fsp3) is 0.500. The van der Waals surface area contributed by atoms with Crippen molar-refractivity contribution in [2.75, 3.05) is 33.7 Å². The molecular weight excluding hydrogens is 326 g/mol. The third kappa shape index (κ3) is 6.74. The number of hydrogen-bond acceptors (Lipinski definition) is 4. The van der Waals surface area contributed by atoms with Crippen LogP contribution in [0.25, 0.3) is 0 Å². The molecule has 0 unspecified atom stereocenters. The summed E-state index contributed by atoms with van der Waals surface area (Å²) in [5, 5.41) is 2.95. The standard InChI is InChI=1S/C14H23N3O3S.ClH/c1-12-4-6-13(7-5-12)21(19,20)16-9-8-14(18)17(3)11-10-15-2;/h4-7,15-16H,8-11H2,1-3H3;1H. The molecule has 0 radical (unpaired) electrons. The number of rotatable bonds is 8. The number of aryl methyl sites for hydroxylation is 1. The van der Waals surface area contributed by atoms with Crippen LogP contribution < -0.4 is 10.0 Å². The van der Waals surface area contributed by atoms with E-state index in [4.69, 9.17) is 0 Å². The second-order valence-electron chi connectivity index (χ2n) is 4.88. The summed E-state index contributed by atoms with van der Waals surface area (Å²) in [6, 6.07) is 6.59. The molecule has 1 amide bonds. The van der Waals surface area contributed by atoms with Crippen molar-refractivity contribution in [3.8, 4) is 0 Å². The maximum Gasteiger partial charge on any atom is 0.240 e. The average Bonchev–Trinajstić information content (AvgIpc) is 2.44. The molecule has 0 aliphatic carbocycles. The molecule has 0 spiro atoms. The van der Waals surface area contributed by atoms with Crippen molar-refractivity contribution in [3.05, 3.63) is 29.8 Å². The van der Waals surface area contributed by atoms with Crippen LogP contribution in [0.5, 0.6) is 0 Å². The topological polar surface area (TPSA) is 78.5 Å². The Hall–Kier alpha value is -1.15. The van der Waals surface area contributed by atoms with Crippen LogP contribution in [0, 0.1) is 6.92 Å². The normalized spacial score (nSPS) is 10.9. The molecule has 0 aromatic heterocycles. The number of nitrogens with one attached hydrogen (secondary N) is 2. The first-order valence-electron chi connectivity index (χ1n) is 6.81. The van der Waals surface area contributed by atoms with Crippen molar-refractivity contribution in [1.82, 2.24) is 14.9 Å². The van der Waals surface area contributed by atoms with E-state index in [-0.39, 0.29) is 36.2 Å². The van der Waals surface area contributed by atoms with Gasteiger partial charge < -0.3 is 10.2 Å². The molecule has 1 aromatic carbocycles. The number of nitrogens with zero attached hydrogens (tertiary/aromatic N) is 1. The zero-order valence-electron chi connectivity index (χ0n) is 13.1. The molecule has 0 atom stereocenters. The van der Waals surface area contributed by atoms with Crippen molar-refractivity contribution in [2.45, 2.75) is 18.2 Å². The Labute approximate surface area is 138 Å². The van der Waals surface area contributed by atoms with Crippen LogP contribution in [0.2, 0.25) is 0 Å². The Balaban J connectivity index is 0.00000441. The predicted octanol–water partition coefficient (Wildman–Crippen LogP) is 0.763. The highest BCUT2D eigenvalue weighted by Gasteiger charge is 2.14. The van der Waals surface area contributed by atoms with Gasteiger partial charge >= 0.3 is 0 Å². The van der Waals surface area contributed by atoms with E-state index in [1.54, 1.807) is 36.2 Å². The summed E-state index contributed by atoms with van der Waals surface area (Å²) in [5.74, 6) is -0.0862. The first kappa shape index (κ1) is 20.9. The first-order valence-corrected chi connectivity index (χ1v) is 8.30. The van der Waals surface area contributed by atoms with Crippen LogP contribution in [0.4, 0.5) is 0 Å². The van der Waals surface area contributed by atoms with Crippen molar-refractivity contribution in [3.63, 3.8) is 0 Å². The summed E-state index contributed by atoms with van der Waals surface area (Å²) in [6.45, 7) is 3.29. The van der Waals surface area contributed by atoms with Crippen LogP contribution in [-0.2, 0) is 14.8 Å². The molecule has 22 heavy (non-hydrogen) atoms. The van der Waals surface area contributed by atoms with E-state index >= 15 is 0 Å². The maximum atomic E-state index is 12.0. The number of hydrogen-bond donors (Lipinski definition) is 2. The monoisotopic (exact) mass is 349 g/mol. The second kappa shape index (κ2) is 9.78. The molecular formula is C14H24ClN3O3S. The molecule has 1 aromatic rings. The number of carbonyl (C=O) groups excluding carboxylic acids is 1. The van der Waals surface area contributed by atoms with E-state index in [0.717, 1.165) is 5.56 Å². The first-order chi connectivity index (χ1) is 9.86. The van der Waals surface area contributed by atoms with E-state index in [1.165, 1.54) is 0 Å². The third-order valence-corrected chi connectivity index (χ3v) is 4.56. The van der Waals surface area contributed by atoms with E-state index in [1.807, 2.05) is 14.0 Å².